The molecule has 3 heteroatoms. The zero-order chi connectivity index (χ0) is 10.3. The van der Waals surface area contributed by atoms with E-state index >= 15 is 0 Å². The predicted octanol–water partition coefficient (Wildman–Crippen LogP) is 2.31. The molecule has 1 aromatic rings. The molecule has 1 fully saturated rings. The second kappa shape index (κ2) is 6.13. The second-order valence-electron chi connectivity index (χ2n) is 4.08. The van der Waals surface area contributed by atoms with Crippen molar-refractivity contribution in [3.63, 3.8) is 0 Å². The first kappa shape index (κ1) is 11.0. The first-order chi connectivity index (χ1) is 7.45. The monoisotopic (exact) mass is 222 g/mol. The van der Waals surface area contributed by atoms with Crippen molar-refractivity contribution < 1.29 is 0 Å². The zero-order valence-electron chi connectivity index (χ0n) is 8.98. The van der Waals surface area contributed by atoms with E-state index in [4.69, 9.17) is 0 Å². The van der Waals surface area contributed by atoms with Gasteiger partial charge < -0.3 is 5.32 Å². The minimum absolute atomic E-state index is 0.880. The Bertz CT molecular complexity index is 270. The summed E-state index contributed by atoms with van der Waals surface area (Å²) in [6.07, 6.45) is 6.49. The fourth-order valence-corrected chi connectivity index (χ4v) is 3.05. The Morgan fingerprint density at radius 2 is 2.27 bits per heavy atom. The van der Waals surface area contributed by atoms with Gasteiger partial charge in [0.05, 0.1) is 0 Å². The molecule has 0 spiro atoms. The van der Waals surface area contributed by atoms with Gasteiger partial charge in [-0.15, -0.1) is 0 Å². The van der Waals surface area contributed by atoms with E-state index in [-0.39, 0.29) is 0 Å². The summed E-state index contributed by atoms with van der Waals surface area (Å²) in [5, 5.41) is 3.46. The number of hydrogen-bond acceptors (Lipinski definition) is 3. The van der Waals surface area contributed by atoms with E-state index in [9.17, 15) is 0 Å². The van der Waals surface area contributed by atoms with Crippen LogP contribution < -0.4 is 5.32 Å². The SMILES string of the molecule is c1cc(CSCC2CCCNC2)ccn1. The molecule has 2 heterocycles. The first-order valence-electron chi connectivity index (χ1n) is 5.62. The average molecular weight is 222 g/mol. The molecule has 1 N–H and O–H groups in total. The van der Waals surface area contributed by atoms with E-state index in [0.717, 1.165) is 11.7 Å². The molecule has 2 rings (SSSR count). The van der Waals surface area contributed by atoms with Crippen molar-refractivity contribution in [3.8, 4) is 0 Å². The largest absolute Gasteiger partial charge is 0.316 e. The minimum Gasteiger partial charge on any atom is -0.316 e. The van der Waals surface area contributed by atoms with Gasteiger partial charge in [0.25, 0.3) is 0 Å². The smallest absolute Gasteiger partial charge is 0.0270 e. The Hall–Kier alpha value is -0.540. The van der Waals surface area contributed by atoms with Crippen LogP contribution >= 0.6 is 11.8 Å². The highest BCUT2D eigenvalue weighted by Gasteiger charge is 2.12. The third-order valence-electron chi connectivity index (χ3n) is 2.77. The van der Waals surface area contributed by atoms with Crippen molar-refractivity contribution in [1.29, 1.82) is 0 Å². The van der Waals surface area contributed by atoms with Crippen LogP contribution in [0.3, 0.4) is 0 Å². The minimum atomic E-state index is 0.880. The Balaban J connectivity index is 1.66. The Morgan fingerprint density at radius 1 is 1.40 bits per heavy atom. The van der Waals surface area contributed by atoms with Crippen LogP contribution in [-0.2, 0) is 5.75 Å². The van der Waals surface area contributed by atoms with E-state index in [1.807, 2.05) is 24.2 Å². The van der Waals surface area contributed by atoms with Crippen molar-refractivity contribution in [2.24, 2.45) is 5.92 Å². The number of nitrogens with one attached hydrogen (secondary N) is 1. The summed E-state index contributed by atoms with van der Waals surface area (Å²) in [6, 6.07) is 4.21. The molecule has 0 bridgehead atoms. The highest BCUT2D eigenvalue weighted by atomic mass is 32.2. The third-order valence-corrected chi connectivity index (χ3v) is 4.02. The van der Waals surface area contributed by atoms with Crippen LogP contribution in [0.25, 0.3) is 0 Å². The van der Waals surface area contributed by atoms with Crippen LogP contribution in [0.1, 0.15) is 18.4 Å². The highest BCUT2D eigenvalue weighted by Crippen LogP contribution is 2.19. The number of nitrogens with zero attached hydrogens (tertiary/aromatic N) is 1. The molecule has 1 aliphatic heterocycles. The van der Waals surface area contributed by atoms with Gasteiger partial charge in [-0.05, 0) is 55.3 Å². The van der Waals surface area contributed by atoms with Crippen LogP contribution in [0.5, 0.6) is 0 Å². The molecular formula is C12H18N2S. The lowest BCUT2D eigenvalue weighted by atomic mass is 10.0. The van der Waals surface area contributed by atoms with Crippen LogP contribution in [0.4, 0.5) is 0 Å². The van der Waals surface area contributed by atoms with Gasteiger partial charge in [0.15, 0.2) is 0 Å². The molecule has 1 unspecified atom stereocenters. The molecule has 15 heavy (non-hydrogen) atoms. The molecule has 1 aromatic heterocycles. The molecule has 0 aliphatic carbocycles. The van der Waals surface area contributed by atoms with Crippen LogP contribution in [0.2, 0.25) is 0 Å². The summed E-state index contributed by atoms with van der Waals surface area (Å²) < 4.78 is 0. The Morgan fingerprint density at radius 3 is 3.00 bits per heavy atom. The van der Waals surface area contributed by atoms with Gasteiger partial charge in [-0.3, -0.25) is 4.98 Å². The molecule has 0 radical (unpaired) electrons. The molecule has 1 aliphatic rings. The summed E-state index contributed by atoms with van der Waals surface area (Å²) in [5.74, 6) is 3.29. The van der Waals surface area contributed by atoms with Crippen molar-refractivity contribution in [1.82, 2.24) is 10.3 Å². The maximum atomic E-state index is 4.02. The van der Waals surface area contributed by atoms with Gasteiger partial charge in [-0.25, -0.2) is 0 Å². The van der Waals surface area contributed by atoms with Crippen LogP contribution in [-0.4, -0.2) is 23.8 Å². The van der Waals surface area contributed by atoms with Crippen molar-refractivity contribution >= 4 is 11.8 Å². The highest BCUT2D eigenvalue weighted by molar-refractivity contribution is 7.98. The van der Waals surface area contributed by atoms with Gasteiger partial charge in [-0.1, -0.05) is 0 Å². The van der Waals surface area contributed by atoms with E-state index in [2.05, 4.69) is 22.4 Å². The predicted molar refractivity (Wildman–Crippen MR) is 66.0 cm³/mol. The van der Waals surface area contributed by atoms with Crippen LogP contribution in [0.15, 0.2) is 24.5 Å². The molecule has 82 valence electrons. The normalized spacial score (nSPS) is 21.5. The molecule has 1 atom stereocenters. The van der Waals surface area contributed by atoms with Gasteiger partial charge >= 0.3 is 0 Å². The standard InChI is InChI=1S/C12H18N2S/c1-2-12(8-14-5-1)10-15-9-11-3-6-13-7-4-11/h3-4,6-7,12,14H,1-2,5,8-10H2. The number of thioether (sulfide) groups is 1. The molecule has 0 amide bonds. The van der Waals surface area contributed by atoms with Crippen molar-refractivity contribution in [2.75, 3.05) is 18.8 Å². The summed E-state index contributed by atoms with van der Waals surface area (Å²) in [7, 11) is 0. The quantitative estimate of drug-likeness (QED) is 0.846. The van der Waals surface area contributed by atoms with Gasteiger partial charge in [0.1, 0.15) is 0 Å². The summed E-state index contributed by atoms with van der Waals surface area (Å²) in [4.78, 5) is 4.02. The number of aromatic nitrogens is 1. The zero-order valence-corrected chi connectivity index (χ0v) is 9.80. The lowest BCUT2D eigenvalue weighted by Gasteiger charge is -2.22. The van der Waals surface area contributed by atoms with Gasteiger partial charge in [-0.2, -0.15) is 11.8 Å². The number of piperidine rings is 1. The van der Waals surface area contributed by atoms with E-state index in [1.54, 1.807) is 0 Å². The first-order valence-corrected chi connectivity index (χ1v) is 6.78. The van der Waals surface area contributed by atoms with E-state index in [0.29, 0.717) is 0 Å². The average Bonchev–Trinajstić information content (AvgIpc) is 2.32. The van der Waals surface area contributed by atoms with E-state index < -0.39 is 0 Å². The molecular weight excluding hydrogens is 204 g/mol. The molecule has 1 saturated heterocycles. The summed E-state index contributed by atoms with van der Waals surface area (Å²) in [6.45, 7) is 2.43. The Kier molecular flexibility index (Phi) is 4.48. The lowest BCUT2D eigenvalue weighted by molar-refractivity contribution is 0.410. The van der Waals surface area contributed by atoms with Gasteiger partial charge in [0, 0.05) is 18.1 Å². The maximum absolute atomic E-state index is 4.02. The van der Waals surface area contributed by atoms with Crippen molar-refractivity contribution in [2.45, 2.75) is 18.6 Å². The molecule has 2 nitrogen and oxygen atoms in total. The molecule has 0 saturated carbocycles. The van der Waals surface area contributed by atoms with Gasteiger partial charge in [0.2, 0.25) is 0 Å². The molecule has 0 aromatic carbocycles. The van der Waals surface area contributed by atoms with Crippen LogP contribution in [0, 0.1) is 5.92 Å². The number of hydrogen-bond donors (Lipinski definition) is 1. The number of rotatable bonds is 4. The van der Waals surface area contributed by atoms with Crippen molar-refractivity contribution in [3.05, 3.63) is 30.1 Å². The van der Waals surface area contributed by atoms with E-state index in [1.165, 1.54) is 37.2 Å². The topological polar surface area (TPSA) is 24.9 Å². The lowest BCUT2D eigenvalue weighted by Crippen LogP contribution is -2.30. The Labute approximate surface area is 95.9 Å². The fraction of sp³-hybridized carbons (Fsp3) is 0.583. The second-order valence-corrected chi connectivity index (χ2v) is 5.11. The maximum Gasteiger partial charge on any atom is 0.0270 e. The fourth-order valence-electron chi connectivity index (χ4n) is 1.89. The summed E-state index contributed by atoms with van der Waals surface area (Å²) in [5.41, 5.74) is 1.39. The summed E-state index contributed by atoms with van der Waals surface area (Å²) >= 11 is 2.05. The third kappa shape index (κ3) is 3.84. The number of pyridine rings is 1.